The Morgan fingerprint density at radius 1 is 1.07 bits per heavy atom. The van der Waals surface area contributed by atoms with Gasteiger partial charge in [-0.25, -0.2) is 14.7 Å². The van der Waals surface area contributed by atoms with Crippen LogP contribution in [0.4, 0.5) is 11.4 Å². The normalized spacial score (nSPS) is 20.3. The summed E-state index contributed by atoms with van der Waals surface area (Å²) in [5.41, 5.74) is 0.584. The van der Waals surface area contributed by atoms with Crippen molar-refractivity contribution >= 4 is 46.5 Å². The van der Waals surface area contributed by atoms with E-state index in [0.717, 1.165) is 4.90 Å². The fourth-order valence-corrected chi connectivity index (χ4v) is 3.90. The molecular weight excluding hydrogens is 410 g/mol. The summed E-state index contributed by atoms with van der Waals surface area (Å²) >= 11 is 6.31. The van der Waals surface area contributed by atoms with Crippen LogP contribution in [0.1, 0.15) is 6.92 Å². The number of methoxy groups -OCH3 is 1. The predicted octanol–water partition coefficient (Wildman–Crippen LogP) is 2.65. The lowest BCUT2D eigenvalue weighted by atomic mass is 9.98. The molecule has 2 heterocycles. The topological polar surface area (TPSA) is 88.5 Å². The summed E-state index contributed by atoms with van der Waals surface area (Å²) in [5, 5.41) is 5.95. The zero-order valence-electron chi connectivity index (χ0n) is 16.2. The first-order valence-electron chi connectivity index (χ1n) is 9.29. The third-order valence-electron chi connectivity index (χ3n) is 4.96. The van der Waals surface area contributed by atoms with Crippen molar-refractivity contribution in [1.82, 2.24) is 0 Å². The Labute approximate surface area is 177 Å². The van der Waals surface area contributed by atoms with Crippen molar-refractivity contribution in [3.05, 3.63) is 53.6 Å². The number of ether oxygens (including phenoxy) is 2. The molecule has 0 aliphatic carbocycles. The molecule has 0 unspecified atom stereocenters. The Balaban J connectivity index is 1.83. The van der Waals surface area contributed by atoms with Gasteiger partial charge in [0.1, 0.15) is 17.7 Å². The highest BCUT2D eigenvalue weighted by Crippen LogP contribution is 2.42. The number of hydrogen-bond acceptors (Lipinski definition) is 7. The Kier molecular flexibility index (Phi) is 5.17. The van der Waals surface area contributed by atoms with Gasteiger partial charge in [0, 0.05) is 0 Å². The molecule has 2 aliphatic rings. The van der Waals surface area contributed by atoms with Gasteiger partial charge in [-0.2, -0.15) is 5.10 Å². The summed E-state index contributed by atoms with van der Waals surface area (Å²) < 4.78 is 10.4. The van der Waals surface area contributed by atoms with Crippen LogP contribution in [0.15, 0.2) is 53.6 Å². The van der Waals surface area contributed by atoms with Crippen LogP contribution in [0.25, 0.3) is 0 Å². The van der Waals surface area contributed by atoms with Crippen LogP contribution in [0.5, 0.6) is 5.75 Å². The number of carbonyl (C=O) groups excluding carboxylic acids is 3. The summed E-state index contributed by atoms with van der Waals surface area (Å²) in [6.07, 6.45) is 0. The van der Waals surface area contributed by atoms with E-state index in [4.69, 9.17) is 21.1 Å². The van der Waals surface area contributed by atoms with Gasteiger partial charge in [0.05, 0.1) is 30.1 Å². The molecule has 2 aliphatic heterocycles. The summed E-state index contributed by atoms with van der Waals surface area (Å²) in [6.45, 7) is 1.76. The average molecular weight is 428 g/mol. The molecule has 4 rings (SSSR count). The second-order valence-electron chi connectivity index (χ2n) is 6.61. The van der Waals surface area contributed by atoms with Crippen molar-refractivity contribution in [3.63, 3.8) is 0 Å². The van der Waals surface area contributed by atoms with Gasteiger partial charge in [0.25, 0.3) is 5.91 Å². The maximum Gasteiger partial charge on any atom is 0.355 e. The van der Waals surface area contributed by atoms with Crippen molar-refractivity contribution in [1.29, 1.82) is 0 Å². The van der Waals surface area contributed by atoms with Crippen LogP contribution in [-0.2, 0) is 19.1 Å². The monoisotopic (exact) mass is 427 g/mol. The molecule has 1 saturated heterocycles. The molecule has 0 spiro atoms. The number of halogens is 1. The second kappa shape index (κ2) is 7.79. The minimum atomic E-state index is -1.11. The fourth-order valence-electron chi connectivity index (χ4n) is 3.68. The van der Waals surface area contributed by atoms with Crippen LogP contribution in [0.3, 0.4) is 0 Å². The summed E-state index contributed by atoms with van der Waals surface area (Å²) in [7, 11) is 1.45. The summed E-state index contributed by atoms with van der Waals surface area (Å²) in [5.74, 6) is -2.60. The number of rotatable bonds is 5. The van der Waals surface area contributed by atoms with E-state index in [0.29, 0.717) is 22.1 Å². The number of nitrogens with zero attached hydrogens (tertiary/aromatic N) is 3. The highest BCUT2D eigenvalue weighted by Gasteiger charge is 2.59. The number of imide groups is 1. The molecule has 8 nitrogen and oxygen atoms in total. The van der Waals surface area contributed by atoms with Crippen molar-refractivity contribution in [2.24, 2.45) is 11.0 Å². The number of anilines is 2. The molecule has 0 saturated carbocycles. The molecule has 0 radical (unpaired) electrons. The van der Waals surface area contributed by atoms with Gasteiger partial charge in [-0.1, -0.05) is 35.9 Å². The van der Waals surface area contributed by atoms with Crippen molar-refractivity contribution in [2.75, 3.05) is 23.6 Å². The third kappa shape index (κ3) is 3.00. The van der Waals surface area contributed by atoms with Gasteiger partial charge in [-0.3, -0.25) is 9.59 Å². The quantitative estimate of drug-likeness (QED) is 0.538. The molecule has 0 bridgehead atoms. The van der Waals surface area contributed by atoms with E-state index in [1.807, 2.05) is 0 Å². The van der Waals surface area contributed by atoms with Crippen LogP contribution >= 0.6 is 11.6 Å². The number of esters is 1. The van der Waals surface area contributed by atoms with Crippen molar-refractivity contribution < 1.29 is 23.9 Å². The van der Waals surface area contributed by atoms with E-state index < -0.39 is 29.7 Å². The molecule has 1 fully saturated rings. The summed E-state index contributed by atoms with van der Waals surface area (Å²) in [4.78, 5) is 40.4. The molecule has 0 aromatic heterocycles. The van der Waals surface area contributed by atoms with Gasteiger partial charge < -0.3 is 9.47 Å². The molecular formula is C21H18ClN3O5. The first-order chi connectivity index (χ1) is 14.5. The van der Waals surface area contributed by atoms with Crippen molar-refractivity contribution in [2.45, 2.75) is 13.0 Å². The van der Waals surface area contributed by atoms with Gasteiger partial charge >= 0.3 is 5.97 Å². The van der Waals surface area contributed by atoms with Crippen LogP contribution in [-0.4, -0.2) is 43.3 Å². The van der Waals surface area contributed by atoms with Crippen molar-refractivity contribution in [3.8, 4) is 5.75 Å². The molecule has 154 valence electrons. The highest BCUT2D eigenvalue weighted by molar-refractivity contribution is 6.47. The number of hydrazone groups is 1. The van der Waals surface area contributed by atoms with E-state index in [2.05, 4.69) is 5.10 Å². The van der Waals surface area contributed by atoms with Gasteiger partial charge in [-0.05, 0) is 31.2 Å². The lowest BCUT2D eigenvalue weighted by Crippen LogP contribution is -2.39. The molecule has 2 aromatic carbocycles. The third-order valence-corrected chi connectivity index (χ3v) is 5.28. The number of carbonyl (C=O) groups is 3. The zero-order valence-corrected chi connectivity index (χ0v) is 17.0. The fraction of sp³-hybridized carbons (Fsp3) is 0.238. The molecule has 2 amide bonds. The Morgan fingerprint density at radius 3 is 2.40 bits per heavy atom. The summed E-state index contributed by atoms with van der Waals surface area (Å²) in [6, 6.07) is 12.4. The number of fused-ring (bicyclic) bond motifs is 1. The number of hydrogen-bond donors (Lipinski definition) is 0. The number of para-hydroxylation sites is 3. The van der Waals surface area contributed by atoms with Gasteiger partial charge in [0.2, 0.25) is 5.91 Å². The Hall–Kier alpha value is -3.39. The second-order valence-corrected chi connectivity index (χ2v) is 7.02. The zero-order chi connectivity index (χ0) is 21.4. The first-order valence-corrected chi connectivity index (χ1v) is 9.67. The highest BCUT2D eigenvalue weighted by atomic mass is 35.5. The van der Waals surface area contributed by atoms with Gasteiger partial charge in [-0.15, -0.1) is 0 Å². The average Bonchev–Trinajstić information content (AvgIpc) is 3.25. The molecule has 2 aromatic rings. The number of benzene rings is 2. The molecule has 0 N–H and O–H groups in total. The standard InChI is InChI=1S/C21H18ClN3O5/c1-3-30-21(28)17-16-18(25(23-17)13-9-5-4-8-12(13)22)20(27)24(19(16)26)14-10-6-7-11-15(14)29-2/h4-11,16,18H,3H2,1-2H3/t16-,18+/m0/s1. The van der Waals surface area contributed by atoms with E-state index in [1.54, 1.807) is 55.5 Å². The van der Waals surface area contributed by atoms with E-state index in [-0.39, 0.29) is 12.3 Å². The first kappa shape index (κ1) is 19.9. The van der Waals surface area contributed by atoms with E-state index >= 15 is 0 Å². The lowest BCUT2D eigenvalue weighted by Gasteiger charge is -2.23. The Morgan fingerprint density at radius 2 is 1.73 bits per heavy atom. The minimum Gasteiger partial charge on any atom is -0.495 e. The van der Waals surface area contributed by atoms with Crippen LogP contribution in [0, 0.1) is 5.92 Å². The molecule has 9 heteroatoms. The number of amides is 2. The van der Waals surface area contributed by atoms with Gasteiger partial charge in [0.15, 0.2) is 5.71 Å². The maximum atomic E-state index is 13.4. The molecule has 30 heavy (non-hydrogen) atoms. The minimum absolute atomic E-state index is 0.111. The maximum absolute atomic E-state index is 13.4. The lowest BCUT2D eigenvalue weighted by molar-refractivity contribution is -0.136. The van der Waals surface area contributed by atoms with Crippen LogP contribution in [0.2, 0.25) is 5.02 Å². The van der Waals surface area contributed by atoms with E-state index in [1.165, 1.54) is 12.1 Å². The SMILES string of the molecule is CCOC(=O)C1=NN(c2ccccc2Cl)[C@H]2C(=O)N(c3ccccc3OC)C(=O)[C@@H]12. The van der Waals surface area contributed by atoms with E-state index in [9.17, 15) is 14.4 Å². The Bertz CT molecular complexity index is 1070. The largest absolute Gasteiger partial charge is 0.495 e. The van der Waals surface area contributed by atoms with Crippen LogP contribution < -0.4 is 14.6 Å². The molecule has 2 atom stereocenters. The smallest absolute Gasteiger partial charge is 0.355 e. The predicted molar refractivity (Wildman–Crippen MR) is 111 cm³/mol.